The van der Waals surface area contributed by atoms with E-state index in [2.05, 4.69) is 32.5 Å². The maximum absolute atomic E-state index is 3.88. The predicted octanol–water partition coefficient (Wildman–Crippen LogP) is 1.80. The highest BCUT2D eigenvalue weighted by molar-refractivity contribution is 5.85. The fourth-order valence-corrected chi connectivity index (χ4v) is 2.83. The van der Waals surface area contributed by atoms with Crippen molar-refractivity contribution in [1.29, 1.82) is 0 Å². The molecule has 110 valence electrons. The Kier molecular flexibility index (Phi) is 6.53. The van der Waals surface area contributed by atoms with E-state index in [1.54, 1.807) is 6.20 Å². The Balaban J connectivity index is 0.000000902. The van der Waals surface area contributed by atoms with Crippen molar-refractivity contribution < 1.29 is 0 Å². The molecule has 0 aromatic rings. The van der Waals surface area contributed by atoms with Crippen molar-refractivity contribution in [3.8, 4) is 0 Å². The molecule has 0 aromatic carbocycles. The Hall–Kier alpha value is -0.360. The molecule has 1 aliphatic carbocycles. The van der Waals surface area contributed by atoms with Gasteiger partial charge in [-0.05, 0) is 57.3 Å². The molecule has 3 aliphatic rings. The molecule has 3 rings (SSSR count). The average molecular weight is 308 g/mol. The summed E-state index contributed by atoms with van der Waals surface area (Å²) in [5.74, 6) is 0.910. The molecule has 2 fully saturated rings. The second-order valence-corrected chi connectivity index (χ2v) is 5.38. The summed E-state index contributed by atoms with van der Waals surface area (Å²) in [4.78, 5) is 0. The average Bonchev–Trinajstić information content (AvgIpc) is 3.04. The molecule has 7 heteroatoms. The summed E-state index contributed by atoms with van der Waals surface area (Å²) >= 11 is 0. The van der Waals surface area contributed by atoms with Crippen molar-refractivity contribution in [3.63, 3.8) is 0 Å². The van der Waals surface area contributed by atoms with Gasteiger partial charge in [0.25, 0.3) is 0 Å². The van der Waals surface area contributed by atoms with Crippen LogP contribution in [0.2, 0.25) is 0 Å². The fourth-order valence-electron chi connectivity index (χ4n) is 2.83. The van der Waals surface area contributed by atoms with E-state index in [4.69, 9.17) is 0 Å². The van der Waals surface area contributed by atoms with Gasteiger partial charge < -0.3 is 10.6 Å². The Morgan fingerprint density at radius 1 is 1.26 bits per heavy atom. The smallest absolute Gasteiger partial charge is 0.0932 e. The zero-order valence-corrected chi connectivity index (χ0v) is 12.6. The molecule has 2 heterocycles. The van der Waals surface area contributed by atoms with Gasteiger partial charge in [0.2, 0.25) is 0 Å². The molecule has 0 aromatic heterocycles. The SMILES string of the molecule is C1=C[C@]2(C[C@H]2NCCC2CCNCC2)NN=N1.Cl.Cl. The summed E-state index contributed by atoms with van der Waals surface area (Å²) in [6.07, 6.45) is 9.04. The quantitative estimate of drug-likeness (QED) is 0.742. The summed E-state index contributed by atoms with van der Waals surface area (Å²) in [6, 6.07) is 0.541. The minimum atomic E-state index is 0. The molecule has 0 amide bonds. The minimum absolute atomic E-state index is 0. The van der Waals surface area contributed by atoms with E-state index in [9.17, 15) is 0 Å². The first-order chi connectivity index (χ1) is 8.39. The minimum Gasteiger partial charge on any atom is -0.317 e. The van der Waals surface area contributed by atoms with Crippen LogP contribution in [0.25, 0.3) is 0 Å². The van der Waals surface area contributed by atoms with E-state index < -0.39 is 0 Å². The van der Waals surface area contributed by atoms with Gasteiger partial charge in [0.05, 0.1) is 5.54 Å². The monoisotopic (exact) mass is 307 g/mol. The van der Waals surface area contributed by atoms with Crippen LogP contribution in [0.5, 0.6) is 0 Å². The van der Waals surface area contributed by atoms with Gasteiger partial charge in [0.1, 0.15) is 0 Å². The van der Waals surface area contributed by atoms with Gasteiger partial charge in [-0.3, -0.25) is 5.43 Å². The lowest BCUT2D eigenvalue weighted by Crippen LogP contribution is -2.37. The van der Waals surface area contributed by atoms with Crippen LogP contribution in [0.1, 0.15) is 25.7 Å². The second-order valence-electron chi connectivity index (χ2n) is 5.38. The third-order valence-electron chi connectivity index (χ3n) is 4.16. The topological polar surface area (TPSA) is 60.8 Å². The molecule has 3 N–H and O–H groups in total. The fraction of sp³-hybridized carbons (Fsp3) is 0.833. The van der Waals surface area contributed by atoms with Gasteiger partial charge in [-0.1, -0.05) is 5.22 Å². The molecule has 1 saturated heterocycles. The summed E-state index contributed by atoms with van der Waals surface area (Å²) < 4.78 is 0. The Morgan fingerprint density at radius 3 is 2.74 bits per heavy atom. The molecule has 0 unspecified atom stereocenters. The summed E-state index contributed by atoms with van der Waals surface area (Å²) in [5.41, 5.74) is 3.19. The van der Waals surface area contributed by atoms with Crippen LogP contribution < -0.4 is 16.1 Å². The third kappa shape index (κ3) is 4.05. The number of nitrogens with one attached hydrogen (secondary N) is 3. The molecule has 2 aliphatic heterocycles. The van der Waals surface area contributed by atoms with Crippen LogP contribution in [0.3, 0.4) is 0 Å². The van der Waals surface area contributed by atoms with Gasteiger partial charge >= 0.3 is 0 Å². The number of halogens is 2. The van der Waals surface area contributed by atoms with Crippen molar-refractivity contribution in [2.24, 2.45) is 16.3 Å². The molecular formula is C12H23Cl2N5. The highest BCUT2D eigenvalue weighted by atomic mass is 35.5. The summed E-state index contributed by atoms with van der Waals surface area (Å²) in [5, 5.41) is 14.7. The van der Waals surface area contributed by atoms with Crippen LogP contribution in [0.4, 0.5) is 0 Å². The van der Waals surface area contributed by atoms with E-state index in [1.165, 1.54) is 32.4 Å². The van der Waals surface area contributed by atoms with Crippen molar-refractivity contribution in [1.82, 2.24) is 16.1 Å². The van der Waals surface area contributed by atoms with Gasteiger partial charge in [0.15, 0.2) is 0 Å². The summed E-state index contributed by atoms with van der Waals surface area (Å²) in [6.45, 7) is 3.52. The first kappa shape index (κ1) is 16.7. The molecular weight excluding hydrogens is 285 g/mol. The van der Waals surface area contributed by atoms with Crippen LogP contribution >= 0.6 is 24.8 Å². The highest BCUT2D eigenvalue weighted by Crippen LogP contribution is 2.38. The maximum Gasteiger partial charge on any atom is 0.0932 e. The molecule has 5 nitrogen and oxygen atoms in total. The van der Waals surface area contributed by atoms with E-state index in [1.807, 2.05) is 0 Å². The normalized spacial score (nSPS) is 32.3. The molecule has 1 spiro atoms. The van der Waals surface area contributed by atoms with Gasteiger partial charge in [-0.2, -0.15) is 0 Å². The number of nitrogens with zero attached hydrogens (tertiary/aromatic N) is 2. The Labute approximate surface area is 126 Å². The van der Waals surface area contributed by atoms with E-state index in [-0.39, 0.29) is 30.4 Å². The first-order valence-electron chi connectivity index (χ1n) is 6.68. The molecule has 1 saturated carbocycles. The van der Waals surface area contributed by atoms with E-state index in [0.29, 0.717) is 6.04 Å². The van der Waals surface area contributed by atoms with Gasteiger partial charge in [0, 0.05) is 12.2 Å². The predicted molar refractivity (Wildman–Crippen MR) is 81.0 cm³/mol. The lowest BCUT2D eigenvalue weighted by Gasteiger charge is -2.23. The van der Waals surface area contributed by atoms with E-state index >= 15 is 0 Å². The van der Waals surface area contributed by atoms with Crippen LogP contribution in [-0.4, -0.2) is 31.2 Å². The number of piperidine rings is 1. The molecule has 0 bridgehead atoms. The van der Waals surface area contributed by atoms with E-state index in [0.717, 1.165) is 18.9 Å². The van der Waals surface area contributed by atoms with Crippen molar-refractivity contribution in [3.05, 3.63) is 12.3 Å². The summed E-state index contributed by atoms with van der Waals surface area (Å²) in [7, 11) is 0. The number of hydrogen-bond donors (Lipinski definition) is 3. The van der Waals surface area contributed by atoms with Crippen molar-refractivity contribution in [2.45, 2.75) is 37.3 Å². The van der Waals surface area contributed by atoms with Crippen LogP contribution in [0, 0.1) is 5.92 Å². The molecule has 2 atom stereocenters. The maximum atomic E-state index is 3.88. The van der Waals surface area contributed by atoms with Crippen LogP contribution in [-0.2, 0) is 0 Å². The lowest BCUT2D eigenvalue weighted by atomic mass is 9.95. The van der Waals surface area contributed by atoms with Gasteiger partial charge in [-0.15, -0.1) is 29.9 Å². The second kappa shape index (κ2) is 7.43. The largest absolute Gasteiger partial charge is 0.317 e. The zero-order chi connectivity index (χ0) is 11.6. The van der Waals surface area contributed by atoms with Crippen LogP contribution in [0.15, 0.2) is 22.6 Å². The molecule has 0 radical (unpaired) electrons. The Bertz CT molecular complexity index is 330. The van der Waals surface area contributed by atoms with Crippen molar-refractivity contribution in [2.75, 3.05) is 19.6 Å². The standard InChI is InChI=1S/C12H21N5.2ClH/c1-5-13-6-2-10(1)3-7-14-11-9-12(11)4-8-15-17-16-12;;/h4,8,10-11,13-14H,1-3,5-7,9H2,(H,15,16);2*1H/t11-,12-;;/m1../s1. The number of hydrogen-bond acceptors (Lipinski definition) is 5. The Morgan fingerprint density at radius 2 is 2.05 bits per heavy atom. The number of rotatable bonds is 4. The molecule has 19 heavy (non-hydrogen) atoms. The highest BCUT2D eigenvalue weighted by Gasteiger charge is 2.53. The third-order valence-corrected chi connectivity index (χ3v) is 4.16. The van der Waals surface area contributed by atoms with Crippen molar-refractivity contribution >= 4 is 24.8 Å². The van der Waals surface area contributed by atoms with Gasteiger partial charge in [-0.25, -0.2) is 0 Å². The first-order valence-corrected chi connectivity index (χ1v) is 6.68. The lowest BCUT2D eigenvalue weighted by molar-refractivity contribution is 0.346. The zero-order valence-electron chi connectivity index (χ0n) is 11.0.